The highest BCUT2D eigenvalue weighted by atomic mass is 35.5. The van der Waals surface area contributed by atoms with E-state index in [2.05, 4.69) is 10.6 Å². The molecule has 0 aliphatic carbocycles. The second kappa shape index (κ2) is 7.65. The molecule has 0 radical (unpaired) electrons. The molecule has 0 fully saturated rings. The Morgan fingerprint density at radius 1 is 1.29 bits per heavy atom. The standard InChI is InChI=1S/C16H16ClN3O4/c1-10(21)19-14-8-12(4-5-13(14)17)18-9-11-3-6-16(24-2)15(7-11)20(22)23/h3-8,18H,9H2,1-2H3,(H,19,21). The summed E-state index contributed by atoms with van der Waals surface area (Å²) in [6.45, 7) is 1.76. The van der Waals surface area contributed by atoms with Crippen molar-refractivity contribution < 1.29 is 14.5 Å². The summed E-state index contributed by atoms with van der Waals surface area (Å²) in [5.41, 5.74) is 1.85. The highest BCUT2D eigenvalue weighted by Gasteiger charge is 2.15. The van der Waals surface area contributed by atoms with Gasteiger partial charge in [0.05, 0.1) is 22.7 Å². The highest BCUT2D eigenvalue weighted by molar-refractivity contribution is 6.33. The van der Waals surface area contributed by atoms with Crippen LogP contribution in [0.4, 0.5) is 17.1 Å². The van der Waals surface area contributed by atoms with Gasteiger partial charge >= 0.3 is 5.69 Å². The van der Waals surface area contributed by atoms with Crippen LogP contribution in [0, 0.1) is 10.1 Å². The molecule has 7 nitrogen and oxygen atoms in total. The molecule has 1 amide bonds. The van der Waals surface area contributed by atoms with Crippen molar-refractivity contribution in [3.63, 3.8) is 0 Å². The first kappa shape index (κ1) is 17.6. The lowest BCUT2D eigenvalue weighted by Crippen LogP contribution is -2.07. The van der Waals surface area contributed by atoms with E-state index in [1.54, 1.807) is 30.3 Å². The maximum atomic E-state index is 11.2. The van der Waals surface area contributed by atoms with Crippen LogP contribution in [0.3, 0.4) is 0 Å². The van der Waals surface area contributed by atoms with Crippen molar-refractivity contribution >= 4 is 34.6 Å². The average Bonchev–Trinajstić information content (AvgIpc) is 2.54. The van der Waals surface area contributed by atoms with Crippen LogP contribution in [-0.4, -0.2) is 17.9 Å². The Bertz CT molecular complexity index is 780. The summed E-state index contributed by atoms with van der Waals surface area (Å²) < 4.78 is 4.97. The third-order valence-electron chi connectivity index (χ3n) is 3.21. The molecule has 2 N–H and O–H groups in total. The van der Waals surface area contributed by atoms with Gasteiger partial charge in [-0.05, 0) is 29.8 Å². The SMILES string of the molecule is COc1ccc(CNc2ccc(Cl)c(NC(C)=O)c2)cc1[N+](=O)[O-]. The van der Waals surface area contributed by atoms with Gasteiger partial charge in [-0.2, -0.15) is 0 Å². The lowest BCUT2D eigenvalue weighted by Gasteiger charge is -2.11. The summed E-state index contributed by atoms with van der Waals surface area (Å²) in [4.78, 5) is 21.7. The Kier molecular flexibility index (Phi) is 5.59. The lowest BCUT2D eigenvalue weighted by molar-refractivity contribution is -0.385. The van der Waals surface area contributed by atoms with E-state index in [9.17, 15) is 14.9 Å². The monoisotopic (exact) mass is 349 g/mol. The molecule has 0 saturated heterocycles. The minimum Gasteiger partial charge on any atom is -0.490 e. The predicted molar refractivity (Wildman–Crippen MR) is 92.7 cm³/mol. The molecule has 2 aromatic rings. The number of halogens is 1. The number of amides is 1. The summed E-state index contributed by atoms with van der Waals surface area (Å²) >= 11 is 6.02. The molecule has 0 spiro atoms. The molecule has 126 valence electrons. The maximum absolute atomic E-state index is 11.2. The Morgan fingerprint density at radius 2 is 2.04 bits per heavy atom. The quantitative estimate of drug-likeness (QED) is 0.610. The summed E-state index contributed by atoms with van der Waals surface area (Å²) in [5.74, 6) is -0.0111. The Labute approximate surface area is 143 Å². The minimum atomic E-state index is -0.487. The topological polar surface area (TPSA) is 93.5 Å². The number of ether oxygens (including phenoxy) is 1. The second-order valence-electron chi connectivity index (χ2n) is 4.99. The van der Waals surface area contributed by atoms with E-state index in [1.807, 2.05) is 0 Å². The van der Waals surface area contributed by atoms with E-state index < -0.39 is 4.92 Å². The van der Waals surface area contributed by atoms with Gasteiger partial charge in [0, 0.05) is 25.2 Å². The minimum absolute atomic E-state index is 0.0909. The van der Waals surface area contributed by atoms with E-state index in [0.717, 1.165) is 11.3 Å². The van der Waals surface area contributed by atoms with Gasteiger partial charge in [-0.25, -0.2) is 0 Å². The highest BCUT2D eigenvalue weighted by Crippen LogP contribution is 2.29. The third kappa shape index (κ3) is 4.36. The molecule has 2 aromatic carbocycles. The van der Waals surface area contributed by atoms with Crippen LogP contribution >= 0.6 is 11.6 Å². The fourth-order valence-corrected chi connectivity index (χ4v) is 2.28. The van der Waals surface area contributed by atoms with Crippen LogP contribution in [0.1, 0.15) is 12.5 Å². The fourth-order valence-electron chi connectivity index (χ4n) is 2.11. The number of anilines is 2. The van der Waals surface area contributed by atoms with Crippen molar-refractivity contribution in [3.8, 4) is 5.75 Å². The second-order valence-corrected chi connectivity index (χ2v) is 5.40. The molecule has 0 aliphatic heterocycles. The molecular formula is C16H16ClN3O4. The van der Waals surface area contributed by atoms with Crippen LogP contribution in [0.5, 0.6) is 5.75 Å². The fraction of sp³-hybridized carbons (Fsp3) is 0.188. The number of nitrogens with zero attached hydrogens (tertiary/aromatic N) is 1. The Hall–Kier alpha value is -2.80. The molecule has 0 bridgehead atoms. The number of nitro groups is 1. The van der Waals surface area contributed by atoms with E-state index in [1.165, 1.54) is 20.1 Å². The number of benzene rings is 2. The molecule has 2 rings (SSSR count). The van der Waals surface area contributed by atoms with Crippen LogP contribution in [0.25, 0.3) is 0 Å². The average molecular weight is 350 g/mol. The number of hydrogen-bond donors (Lipinski definition) is 2. The van der Waals surface area contributed by atoms with Crippen LogP contribution < -0.4 is 15.4 Å². The molecular weight excluding hydrogens is 334 g/mol. The Morgan fingerprint density at radius 3 is 2.67 bits per heavy atom. The van der Waals surface area contributed by atoms with Gasteiger partial charge in [-0.15, -0.1) is 0 Å². The largest absolute Gasteiger partial charge is 0.490 e. The van der Waals surface area contributed by atoms with Gasteiger partial charge in [-0.3, -0.25) is 14.9 Å². The van der Waals surface area contributed by atoms with Crippen LogP contribution in [0.2, 0.25) is 5.02 Å². The summed E-state index contributed by atoms with van der Waals surface area (Å²) in [7, 11) is 1.39. The summed E-state index contributed by atoms with van der Waals surface area (Å²) in [6, 6.07) is 9.86. The number of rotatable bonds is 6. The molecule has 0 saturated carbocycles. The van der Waals surface area contributed by atoms with Crippen molar-refractivity contribution in [2.24, 2.45) is 0 Å². The number of methoxy groups -OCH3 is 1. The van der Waals surface area contributed by atoms with E-state index in [4.69, 9.17) is 16.3 Å². The van der Waals surface area contributed by atoms with E-state index in [0.29, 0.717) is 17.3 Å². The van der Waals surface area contributed by atoms with Gasteiger partial charge in [0.25, 0.3) is 0 Å². The van der Waals surface area contributed by atoms with Gasteiger partial charge in [-0.1, -0.05) is 17.7 Å². The molecule has 0 heterocycles. The molecule has 24 heavy (non-hydrogen) atoms. The van der Waals surface area contributed by atoms with Crippen LogP contribution in [0.15, 0.2) is 36.4 Å². The van der Waals surface area contributed by atoms with Crippen molar-refractivity contribution in [2.45, 2.75) is 13.5 Å². The zero-order valence-electron chi connectivity index (χ0n) is 13.1. The van der Waals surface area contributed by atoms with Gasteiger partial charge in [0.2, 0.25) is 5.91 Å². The van der Waals surface area contributed by atoms with Crippen molar-refractivity contribution in [2.75, 3.05) is 17.7 Å². The normalized spacial score (nSPS) is 10.1. The van der Waals surface area contributed by atoms with Gasteiger partial charge < -0.3 is 15.4 Å². The van der Waals surface area contributed by atoms with Crippen molar-refractivity contribution in [1.29, 1.82) is 0 Å². The third-order valence-corrected chi connectivity index (χ3v) is 3.54. The predicted octanol–water partition coefficient (Wildman–Crippen LogP) is 3.83. The van der Waals surface area contributed by atoms with Crippen molar-refractivity contribution in [1.82, 2.24) is 0 Å². The van der Waals surface area contributed by atoms with Gasteiger partial charge in [0.15, 0.2) is 5.75 Å². The van der Waals surface area contributed by atoms with E-state index >= 15 is 0 Å². The number of nitrogens with one attached hydrogen (secondary N) is 2. The molecule has 0 aliphatic rings. The molecule has 0 aromatic heterocycles. The molecule has 0 atom stereocenters. The maximum Gasteiger partial charge on any atom is 0.311 e. The van der Waals surface area contributed by atoms with E-state index in [-0.39, 0.29) is 17.3 Å². The zero-order chi connectivity index (χ0) is 17.7. The first-order valence-corrected chi connectivity index (χ1v) is 7.41. The smallest absolute Gasteiger partial charge is 0.311 e. The number of carbonyl (C=O) groups excluding carboxylic acids is 1. The number of nitro benzene ring substituents is 1. The Balaban J connectivity index is 2.15. The molecule has 8 heteroatoms. The van der Waals surface area contributed by atoms with Gasteiger partial charge in [0.1, 0.15) is 0 Å². The first-order chi connectivity index (χ1) is 11.4. The van der Waals surface area contributed by atoms with Crippen LogP contribution in [-0.2, 0) is 11.3 Å². The number of carbonyl (C=O) groups is 1. The lowest BCUT2D eigenvalue weighted by atomic mass is 10.1. The number of hydrogen-bond acceptors (Lipinski definition) is 5. The first-order valence-electron chi connectivity index (χ1n) is 7.03. The zero-order valence-corrected chi connectivity index (χ0v) is 13.9. The summed E-state index contributed by atoms with van der Waals surface area (Å²) in [6.07, 6.45) is 0. The molecule has 0 unspecified atom stereocenters. The van der Waals surface area contributed by atoms with Crippen molar-refractivity contribution in [3.05, 3.63) is 57.1 Å². The summed E-state index contributed by atoms with van der Waals surface area (Å²) in [5, 5.41) is 17.2.